The predicted molar refractivity (Wildman–Crippen MR) is 160 cm³/mol. The van der Waals surface area contributed by atoms with E-state index in [2.05, 4.69) is 23.8 Å². The van der Waals surface area contributed by atoms with Crippen molar-refractivity contribution in [3.63, 3.8) is 0 Å². The van der Waals surface area contributed by atoms with E-state index in [1.807, 2.05) is 0 Å². The molecule has 4 aromatic carbocycles. The second kappa shape index (κ2) is 12.4. The summed E-state index contributed by atoms with van der Waals surface area (Å²) in [5.74, 6) is -0.803. The van der Waals surface area contributed by atoms with E-state index >= 15 is 0 Å². The Morgan fingerprint density at radius 3 is 1.32 bits per heavy atom. The van der Waals surface area contributed by atoms with Gasteiger partial charge in [0.15, 0.2) is 0 Å². The van der Waals surface area contributed by atoms with Gasteiger partial charge in [0.25, 0.3) is 11.8 Å². The molecule has 0 fully saturated rings. The zero-order valence-electron chi connectivity index (χ0n) is 22.5. The number of rotatable bonds is 10. The highest BCUT2D eigenvalue weighted by Gasteiger charge is 2.30. The molecule has 0 aliphatic rings. The van der Waals surface area contributed by atoms with Crippen LogP contribution in [0, 0.1) is 0 Å². The van der Waals surface area contributed by atoms with Crippen LogP contribution in [0.1, 0.15) is 31.8 Å². The van der Waals surface area contributed by atoms with E-state index in [1.165, 1.54) is 50.6 Å². The molecule has 0 saturated carbocycles. The summed E-state index contributed by atoms with van der Waals surface area (Å²) in [7, 11) is -1.62. The molecule has 4 aromatic rings. The molecule has 2 amide bonds. The number of carbonyl (C=O) groups excluding carboxylic acids is 2. The second-order valence-electron chi connectivity index (χ2n) is 8.73. The van der Waals surface area contributed by atoms with E-state index in [9.17, 15) is 18.0 Å². The van der Waals surface area contributed by atoms with Gasteiger partial charge in [0, 0.05) is 11.1 Å². The number of nitrogens with one attached hydrogen (secondary N) is 2. The second-order valence-corrected chi connectivity index (χ2v) is 10.6. The molecule has 41 heavy (non-hydrogen) atoms. The van der Waals surface area contributed by atoms with Crippen LogP contribution in [0.5, 0.6) is 11.5 Å². The minimum Gasteiger partial charge on any atom is -0.495 e. The fourth-order valence-electron chi connectivity index (χ4n) is 4.09. The lowest BCUT2D eigenvalue weighted by Gasteiger charge is -2.18. The molecule has 4 rings (SSSR count). The minimum atomic E-state index is -4.36. The fraction of sp³-hybridized carbons (Fsp3) is 0.0625. The van der Waals surface area contributed by atoms with Crippen molar-refractivity contribution in [3.05, 3.63) is 120 Å². The summed E-state index contributed by atoms with van der Waals surface area (Å²) < 4.78 is 39.2. The molecule has 9 heteroatoms. The summed E-state index contributed by atoms with van der Waals surface area (Å²) in [5.41, 5.74) is 2.17. The van der Waals surface area contributed by atoms with E-state index in [4.69, 9.17) is 9.47 Å². The SMILES string of the molecule is C=Cc1ccc(C(=O)Nc2c(OC)cccc2S(=O)(=O)c2cccc(OC)c2NC(=O)c2ccc(C=C)cc2)cc1. The maximum Gasteiger partial charge on any atom is 0.255 e. The molecular formula is C32H28N2O6S. The molecule has 0 heterocycles. The van der Waals surface area contributed by atoms with E-state index in [0.29, 0.717) is 11.1 Å². The monoisotopic (exact) mass is 568 g/mol. The Labute approximate surface area is 238 Å². The van der Waals surface area contributed by atoms with Crippen LogP contribution < -0.4 is 20.1 Å². The van der Waals surface area contributed by atoms with Crippen molar-refractivity contribution >= 4 is 45.2 Å². The third-order valence-electron chi connectivity index (χ3n) is 6.29. The summed E-state index contributed by atoms with van der Waals surface area (Å²) >= 11 is 0. The number of anilines is 2. The van der Waals surface area contributed by atoms with Crippen molar-refractivity contribution in [2.24, 2.45) is 0 Å². The molecule has 0 saturated heterocycles. The Morgan fingerprint density at radius 1 is 0.634 bits per heavy atom. The number of benzene rings is 4. The molecule has 0 aliphatic carbocycles. The summed E-state index contributed by atoms with van der Waals surface area (Å²) in [4.78, 5) is 25.8. The third-order valence-corrected chi connectivity index (χ3v) is 8.13. The van der Waals surface area contributed by atoms with Gasteiger partial charge >= 0.3 is 0 Å². The maximum atomic E-state index is 14.2. The average Bonchev–Trinajstić information content (AvgIpc) is 3.01. The quantitative estimate of drug-likeness (QED) is 0.231. The zero-order chi connectivity index (χ0) is 29.6. The number of carbonyl (C=O) groups is 2. The van der Waals surface area contributed by atoms with Gasteiger partial charge in [-0.1, -0.05) is 61.7 Å². The topological polar surface area (TPSA) is 111 Å². The van der Waals surface area contributed by atoms with Crippen LogP contribution in [0.2, 0.25) is 0 Å². The summed E-state index contributed by atoms with van der Waals surface area (Å²) in [6.45, 7) is 7.40. The van der Waals surface area contributed by atoms with Crippen LogP contribution >= 0.6 is 0 Å². The number of para-hydroxylation sites is 2. The van der Waals surface area contributed by atoms with Crippen LogP contribution in [0.3, 0.4) is 0 Å². The third kappa shape index (κ3) is 6.05. The van der Waals surface area contributed by atoms with Crippen molar-refractivity contribution in [3.8, 4) is 11.5 Å². The fourth-order valence-corrected chi connectivity index (χ4v) is 5.68. The van der Waals surface area contributed by atoms with Gasteiger partial charge in [-0.05, 0) is 59.7 Å². The predicted octanol–water partition coefficient (Wildman–Crippen LogP) is 6.33. The number of methoxy groups -OCH3 is 2. The normalized spacial score (nSPS) is 10.8. The largest absolute Gasteiger partial charge is 0.495 e. The van der Waals surface area contributed by atoms with Gasteiger partial charge in [-0.15, -0.1) is 0 Å². The number of amides is 2. The molecule has 8 nitrogen and oxygen atoms in total. The maximum absolute atomic E-state index is 14.2. The summed E-state index contributed by atoms with van der Waals surface area (Å²) in [6, 6.07) is 22.1. The lowest BCUT2D eigenvalue weighted by atomic mass is 10.1. The molecular weight excluding hydrogens is 540 g/mol. The summed E-state index contributed by atoms with van der Waals surface area (Å²) in [5, 5.41) is 5.38. The van der Waals surface area contributed by atoms with E-state index < -0.39 is 21.7 Å². The average molecular weight is 569 g/mol. The Balaban J connectivity index is 1.78. The van der Waals surface area contributed by atoms with Gasteiger partial charge in [-0.2, -0.15) is 0 Å². The molecule has 0 radical (unpaired) electrons. The van der Waals surface area contributed by atoms with Gasteiger partial charge in [-0.25, -0.2) is 8.42 Å². The van der Waals surface area contributed by atoms with Gasteiger partial charge in [0.1, 0.15) is 22.9 Å². The molecule has 0 aromatic heterocycles. The zero-order valence-corrected chi connectivity index (χ0v) is 23.3. The van der Waals surface area contributed by atoms with Crippen LogP contribution in [-0.2, 0) is 9.84 Å². The Bertz CT molecular complexity index is 1600. The lowest BCUT2D eigenvalue weighted by Crippen LogP contribution is -2.18. The Morgan fingerprint density at radius 2 is 1.00 bits per heavy atom. The van der Waals surface area contributed by atoms with Crippen LogP contribution in [0.25, 0.3) is 12.2 Å². The van der Waals surface area contributed by atoms with E-state index in [0.717, 1.165) is 11.1 Å². The van der Waals surface area contributed by atoms with Crippen molar-refractivity contribution < 1.29 is 27.5 Å². The highest BCUT2D eigenvalue weighted by atomic mass is 32.2. The molecule has 0 aliphatic heterocycles. The van der Waals surface area contributed by atoms with Crippen molar-refractivity contribution in [1.82, 2.24) is 0 Å². The number of hydrogen-bond acceptors (Lipinski definition) is 6. The first-order valence-corrected chi connectivity index (χ1v) is 13.9. The molecule has 2 N–H and O–H groups in total. The molecule has 0 unspecified atom stereocenters. The van der Waals surface area contributed by atoms with Gasteiger partial charge in [0.2, 0.25) is 9.84 Å². The smallest absolute Gasteiger partial charge is 0.255 e. The van der Waals surface area contributed by atoms with Crippen LogP contribution in [0.4, 0.5) is 11.4 Å². The van der Waals surface area contributed by atoms with Gasteiger partial charge < -0.3 is 20.1 Å². The number of hydrogen-bond donors (Lipinski definition) is 2. The number of sulfone groups is 1. The number of ether oxygens (including phenoxy) is 2. The molecule has 208 valence electrons. The highest BCUT2D eigenvalue weighted by Crippen LogP contribution is 2.40. The van der Waals surface area contributed by atoms with Crippen LogP contribution in [0.15, 0.2) is 108 Å². The van der Waals surface area contributed by atoms with Crippen LogP contribution in [-0.4, -0.2) is 34.5 Å². The summed E-state index contributed by atoms with van der Waals surface area (Å²) in [6.07, 6.45) is 3.29. The first kappa shape index (κ1) is 28.8. The van der Waals surface area contributed by atoms with E-state index in [1.54, 1.807) is 60.7 Å². The highest BCUT2D eigenvalue weighted by molar-refractivity contribution is 7.91. The molecule has 0 atom stereocenters. The van der Waals surface area contributed by atoms with Crippen molar-refractivity contribution in [2.45, 2.75) is 9.79 Å². The first-order chi connectivity index (χ1) is 19.7. The molecule has 0 spiro atoms. The van der Waals surface area contributed by atoms with Crippen molar-refractivity contribution in [1.29, 1.82) is 0 Å². The Kier molecular flexibility index (Phi) is 8.69. The van der Waals surface area contributed by atoms with E-state index in [-0.39, 0.29) is 32.7 Å². The van der Waals surface area contributed by atoms with Crippen molar-refractivity contribution in [2.75, 3.05) is 24.9 Å². The standard InChI is InChI=1S/C32H28N2O6S/c1-5-21-13-17-23(18-14-21)31(35)33-29-25(39-3)9-7-11-27(29)41(37,38)28-12-8-10-26(40-4)30(28)34-32(36)24-19-15-22(6-2)16-20-24/h5-20H,1-2H2,3-4H3,(H,33,35)(H,34,36). The molecule has 0 bridgehead atoms. The lowest BCUT2D eigenvalue weighted by molar-refractivity contribution is 0.101. The minimum absolute atomic E-state index is 0.0482. The van der Waals surface area contributed by atoms with Gasteiger partial charge in [0.05, 0.1) is 24.0 Å². The van der Waals surface area contributed by atoms with Gasteiger partial charge in [-0.3, -0.25) is 9.59 Å². The Hall–Kier alpha value is -5.15. The first-order valence-electron chi connectivity index (χ1n) is 12.4.